The lowest BCUT2D eigenvalue weighted by atomic mass is 9.94. The summed E-state index contributed by atoms with van der Waals surface area (Å²) in [6, 6.07) is 5.42. The SMILES string of the molecule is CC(C)C[C@H](NC(=O)[C@H](CCc1ccccc1)NC(=O)O)C(=O)N[C@@H](C[C@@H]1CCNC1=O)C(=O)C(=O)NC(C)C. The van der Waals surface area contributed by atoms with Crippen molar-refractivity contribution in [1.82, 2.24) is 26.6 Å². The summed E-state index contributed by atoms with van der Waals surface area (Å²) in [4.78, 5) is 75.6. The molecule has 4 atom stereocenters. The van der Waals surface area contributed by atoms with E-state index in [-0.39, 0.29) is 37.1 Å². The number of amides is 5. The number of Topliss-reactive ketones (excluding diaryl/α,β-unsaturated/α-hetero) is 1. The standard InChI is InChI=1S/C28H41N5O7/c1-16(2)14-22(32-25(36)20(33-28(39)40)11-10-18-8-6-5-7-9-18)26(37)31-21(15-19-12-13-29-24(19)35)23(34)27(38)30-17(3)4/h5-9,16-17,19-22,33H,10-15H2,1-4H3,(H,29,35)(H,30,38)(H,31,37)(H,32,36)(H,39,40)/t19-,20-,21-,22-/m0/s1. The lowest BCUT2D eigenvalue weighted by Gasteiger charge is -2.26. The lowest BCUT2D eigenvalue weighted by molar-refractivity contribution is -0.141. The second-order valence-corrected chi connectivity index (χ2v) is 10.8. The Bertz CT molecular complexity index is 1060. The number of carbonyl (C=O) groups is 6. The van der Waals surface area contributed by atoms with Crippen LogP contribution in [0.4, 0.5) is 4.79 Å². The monoisotopic (exact) mass is 559 g/mol. The van der Waals surface area contributed by atoms with Gasteiger partial charge in [-0.25, -0.2) is 4.79 Å². The van der Waals surface area contributed by atoms with Gasteiger partial charge in [0, 0.05) is 18.5 Å². The van der Waals surface area contributed by atoms with E-state index in [1.807, 2.05) is 44.2 Å². The number of benzene rings is 1. The summed E-state index contributed by atoms with van der Waals surface area (Å²) in [7, 11) is 0. The fourth-order valence-electron chi connectivity index (χ4n) is 4.50. The largest absolute Gasteiger partial charge is 0.465 e. The fraction of sp³-hybridized carbons (Fsp3) is 0.571. The molecule has 0 radical (unpaired) electrons. The van der Waals surface area contributed by atoms with Crippen molar-refractivity contribution in [3.05, 3.63) is 35.9 Å². The molecule has 1 fully saturated rings. The second-order valence-electron chi connectivity index (χ2n) is 10.8. The Labute approximate surface area is 234 Å². The van der Waals surface area contributed by atoms with Gasteiger partial charge in [-0.3, -0.25) is 24.0 Å². The Morgan fingerprint density at radius 1 is 0.900 bits per heavy atom. The summed E-state index contributed by atoms with van der Waals surface area (Å²) in [5, 5.41) is 21.9. The van der Waals surface area contributed by atoms with Gasteiger partial charge in [0.15, 0.2) is 0 Å². The van der Waals surface area contributed by atoms with Crippen LogP contribution in [-0.4, -0.2) is 71.3 Å². The molecule has 12 heteroatoms. The van der Waals surface area contributed by atoms with Crippen LogP contribution in [0.2, 0.25) is 0 Å². The first-order valence-electron chi connectivity index (χ1n) is 13.6. The molecule has 6 N–H and O–H groups in total. The van der Waals surface area contributed by atoms with Gasteiger partial charge in [0.1, 0.15) is 12.1 Å². The van der Waals surface area contributed by atoms with Crippen molar-refractivity contribution in [3.63, 3.8) is 0 Å². The quantitative estimate of drug-likeness (QED) is 0.172. The predicted octanol–water partition coefficient (Wildman–Crippen LogP) is 0.891. The zero-order valence-electron chi connectivity index (χ0n) is 23.5. The summed E-state index contributed by atoms with van der Waals surface area (Å²) >= 11 is 0. The third-order valence-electron chi connectivity index (χ3n) is 6.48. The Kier molecular flexibility index (Phi) is 12.6. The Morgan fingerprint density at radius 2 is 1.52 bits per heavy atom. The molecule has 2 rings (SSSR count). The van der Waals surface area contributed by atoms with E-state index in [4.69, 9.17) is 0 Å². The summed E-state index contributed by atoms with van der Waals surface area (Å²) in [5.41, 5.74) is 0.918. The molecule has 1 saturated heterocycles. The summed E-state index contributed by atoms with van der Waals surface area (Å²) < 4.78 is 0. The first-order chi connectivity index (χ1) is 18.9. The average molecular weight is 560 g/mol. The smallest absolute Gasteiger partial charge is 0.405 e. The van der Waals surface area contributed by atoms with Crippen LogP contribution in [0.25, 0.3) is 0 Å². The van der Waals surface area contributed by atoms with Gasteiger partial charge in [-0.1, -0.05) is 44.2 Å². The van der Waals surface area contributed by atoms with Gasteiger partial charge in [-0.2, -0.15) is 0 Å². The molecule has 12 nitrogen and oxygen atoms in total. The number of hydrogen-bond donors (Lipinski definition) is 6. The van der Waals surface area contributed by atoms with Crippen molar-refractivity contribution >= 4 is 35.5 Å². The molecule has 1 heterocycles. The first kappa shape index (κ1) is 32.3. The van der Waals surface area contributed by atoms with Crippen LogP contribution in [0, 0.1) is 11.8 Å². The molecule has 1 aromatic carbocycles. The van der Waals surface area contributed by atoms with Crippen LogP contribution < -0.4 is 26.6 Å². The van der Waals surface area contributed by atoms with Gasteiger partial charge in [0.05, 0.1) is 6.04 Å². The molecule has 0 aliphatic carbocycles. The third-order valence-corrected chi connectivity index (χ3v) is 6.48. The zero-order chi connectivity index (χ0) is 29.8. The minimum Gasteiger partial charge on any atom is -0.465 e. The normalized spacial score (nSPS) is 16.9. The first-order valence-corrected chi connectivity index (χ1v) is 13.6. The highest BCUT2D eigenvalue weighted by Gasteiger charge is 2.36. The maximum atomic E-state index is 13.4. The predicted molar refractivity (Wildman–Crippen MR) is 147 cm³/mol. The van der Waals surface area contributed by atoms with Crippen LogP contribution in [0.5, 0.6) is 0 Å². The molecule has 0 bridgehead atoms. The number of hydrogen-bond acceptors (Lipinski definition) is 6. The Morgan fingerprint density at radius 3 is 2.08 bits per heavy atom. The van der Waals surface area contributed by atoms with E-state index >= 15 is 0 Å². The molecule has 5 amide bonds. The maximum absolute atomic E-state index is 13.4. The van der Waals surface area contributed by atoms with Crippen molar-refractivity contribution in [2.45, 2.75) is 84.0 Å². The van der Waals surface area contributed by atoms with Crippen molar-refractivity contribution in [2.75, 3.05) is 6.54 Å². The molecule has 40 heavy (non-hydrogen) atoms. The van der Waals surface area contributed by atoms with E-state index in [1.165, 1.54) is 0 Å². The van der Waals surface area contributed by atoms with Crippen molar-refractivity contribution in [2.24, 2.45) is 11.8 Å². The minimum atomic E-state index is -1.38. The van der Waals surface area contributed by atoms with Crippen molar-refractivity contribution in [3.8, 4) is 0 Å². The van der Waals surface area contributed by atoms with E-state index in [1.54, 1.807) is 13.8 Å². The van der Waals surface area contributed by atoms with Crippen LogP contribution >= 0.6 is 0 Å². The van der Waals surface area contributed by atoms with Crippen LogP contribution in [0.3, 0.4) is 0 Å². The van der Waals surface area contributed by atoms with Crippen LogP contribution in [-0.2, 0) is 30.4 Å². The molecule has 1 aliphatic heterocycles. The summed E-state index contributed by atoms with van der Waals surface area (Å²) in [5.74, 6) is -4.02. The van der Waals surface area contributed by atoms with Gasteiger partial charge in [-0.15, -0.1) is 0 Å². The Hall–Kier alpha value is -3.96. The third kappa shape index (κ3) is 10.7. The molecular weight excluding hydrogens is 518 g/mol. The van der Waals surface area contributed by atoms with Gasteiger partial charge in [0.25, 0.3) is 5.91 Å². The number of nitrogens with one attached hydrogen (secondary N) is 5. The highest BCUT2D eigenvalue weighted by molar-refractivity contribution is 6.38. The number of rotatable bonds is 15. The van der Waals surface area contributed by atoms with Gasteiger partial charge < -0.3 is 31.7 Å². The number of ketones is 1. The number of aryl methyl sites for hydroxylation is 1. The van der Waals surface area contributed by atoms with E-state index < -0.39 is 53.6 Å². The van der Waals surface area contributed by atoms with Gasteiger partial charge >= 0.3 is 6.09 Å². The van der Waals surface area contributed by atoms with E-state index in [0.29, 0.717) is 19.4 Å². The molecule has 1 aliphatic rings. The zero-order valence-corrected chi connectivity index (χ0v) is 23.5. The average Bonchev–Trinajstić information content (AvgIpc) is 3.28. The molecule has 1 aromatic rings. The highest BCUT2D eigenvalue weighted by atomic mass is 16.4. The van der Waals surface area contributed by atoms with Crippen LogP contribution in [0.15, 0.2) is 30.3 Å². The maximum Gasteiger partial charge on any atom is 0.405 e. The van der Waals surface area contributed by atoms with Crippen molar-refractivity contribution < 1.29 is 33.9 Å². The molecule has 0 spiro atoms. The van der Waals surface area contributed by atoms with E-state index in [2.05, 4.69) is 26.6 Å². The summed E-state index contributed by atoms with van der Waals surface area (Å²) in [6.45, 7) is 7.50. The highest BCUT2D eigenvalue weighted by Crippen LogP contribution is 2.17. The van der Waals surface area contributed by atoms with E-state index in [9.17, 15) is 33.9 Å². The molecule has 0 saturated carbocycles. The molecular formula is C28H41N5O7. The molecule has 0 aromatic heterocycles. The topological polar surface area (TPSA) is 183 Å². The van der Waals surface area contributed by atoms with Gasteiger partial charge in [-0.05, 0) is 57.4 Å². The second kappa shape index (κ2) is 15.6. The Balaban J connectivity index is 2.20. The molecule has 0 unspecified atom stereocenters. The molecule has 220 valence electrons. The number of carbonyl (C=O) groups excluding carboxylic acids is 5. The lowest BCUT2D eigenvalue weighted by Crippen LogP contribution is -2.57. The van der Waals surface area contributed by atoms with Gasteiger partial charge in [0.2, 0.25) is 23.5 Å². The van der Waals surface area contributed by atoms with Crippen molar-refractivity contribution in [1.29, 1.82) is 0 Å². The van der Waals surface area contributed by atoms with Crippen LogP contribution in [0.1, 0.15) is 58.9 Å². The number of carboxylic acid groups (broad SMARTS) is 1. The fourth-order valence-corrected chi connectivity index (χ4v) is 4.50. The minimum absolute atomic E-state index is 0.0507. The summed E-state index contributed by atoms with van der Waals surface area (Å²) in [6.07, 6.45) is -0.213. The van der Waals surface area contributed by atoms with E-state index in [0.717, 1.165) is 5.56 Å².